The Hall–Kier alpha value is -0.450. The first kappa shape index (κ1) is 14.0. The molecule has 1 aliphatic rings. The molecule has 1 aromatic rings. The Labute approximate surface area is 114 Å². The van der Waals surface area contributed by atoms with Crippen molar-refractivity contribution in [3.63, 3.8) is 0 Å². The van der Waals surface area contributed by atoms with E-state index in [1.165, 1.54) is 51.0 Å². The molecule has 1 saturated heterocycles. The van der Waals surface area contributed by atoms with Crippen molar-refractivity contribution < 1.29 is 0 Å². The molecule has 1 fully saturated rings. The molecule has 102 valence electrons. The van der Waals surface area contributed by atoms with E-state index < -0.39 is 0 Å². The number of nitrogens with one attached hydrogen (secondary N) is 2. The van der Waals surface area contributed by atoms with Gasteiger partial charge in [0.05, 0.1) is 11.2 Å². The van der Waals surface area contributed by atoms with Gasteiger partial charge < -0.3 is 10.6 Å². The first-order chi connectivity index (χ1) is 8.85. The van der Waals surface area contributed by atoms with Crippen LogP contribution in [0.2, 0.25) is 0 Å². The molecule has 0 saturated carbocycles. The van der Waals surface area contributed by atoms with Crippen LogP contribution in [-0.2, 0) is 6.42 Å². The zero-order valence-corrected chi connectivity index (χ0v) is 12.2. The molecule has 2 rings (SSSR count). The minimum absolute atomic E-state index is 0.544. The van der Waals surface area contributed by atoms with Gasteiger partial charge in [0.15, 0.2) is 0 Å². The third kappa shape index (κ3) is 4.04. The normalized spacial score (nSPS) is 18.9. The molecule has 0 unspecified atom stereocenters. The maximum Gasteiger partial charge on any atom is 0.0794 e. The topological polar surface area (TPSA) is 37.0 Å². The van der Waals surface area contributed by atoms with E-state index in [4.69, 9.17) is 0 Å². The molecular formula is C14H25N3S. The van der Waals surface area contributed by atoms with Crippen molar-refractivity contribution >= 4 is 11.3 Å². The third-order valence-electron chi connectivity index (χ3n) is 3.99. The Morgan fingerprint density at radius 1 is 1.44 bits per heavy atom. The van der Waals surface area contributed by atoms with Crippen molar-refractivity contribution in [3.05, 3.63) is 16.6 Å². The summed E-state index contributed by atoms with van der Waals surface area (Å²) in [5, 5.41) is 9.28. The average molecular weight is 267 g/mol. The van der Waals surface area contributed by atoms with Gasteiger partial charge in [-0.15, -0.1) is 11.3 Å². The highest BCUT2D eigenvalue weighted by molar-refractivity contribution is 7.07. The summed E-state index contributed by atoms with van der Waals surface area (Å²) in [5.74, 6) is 0. The van der Waals surface area contributed by atoms with Crippen molar-refractivity contribution in [2.75, 3.05) is 26.2 Å². The maximum absolute atomic E-state index is 4.32. The summed E-state index contributed by atoms with van der Waals surface area (Å²) in [6.45, 7) is 6.91. The van der Waals surface area contributed by atoms with E-state index in [9.17, 15) is 0 Å². The van der Waals surface area contributed by atoms with Crippen molar-refractivity contribution in [1.29, 1.82) is 0 Å². The Kier molecular flexibility index (Phi) is 5.60. The number of nitrogens with zero attached hydrogens (tertiary/aromatic N) is 1. The molecule has 4 heteroatoms. The van der Waals surface area contributed by atoms with Crippen LogP contribution in [0.15, 0.2) is 10.9 Å². The Morgan fingerprint density at radius 2 is 2.28 bits per heavy atom. The summed E-state index contributed by atoms with van der Waals surface area (Å²) < 4.78 is 0. The molecule has 0 amide bonds. The molecule has 3 nitrogen and oxygen atoms in total. The van der Waals surface area contributed by atoms with E-state index in [1.807, 2.05) is 5.51 Å². The summed E-state index contributed by atoms with van der Waals surface area (Å²) in [5.41, 5.74) is 3.69. The highest BCUT2D eigenvalue weighted by Gasteiger charge is 2.30. The Bertz CT molecular complexity index is 312. The molecule has 18 heavy (non-hydrogen) atoms. The largest absolute Gasteiger partial charge is 0.317 e. The van der Waals surface area contributed by atoms with Crippen molar-refractivity contribution in [2.24, 2.45) is 5.41 Å². The van der Waals surface area contributed by atoms with Gasteiger partial charge >= 0.3 is 0 Å². The smallest absolute Gasteiger partial charge is 0.0794 e. The lowest BCUT2D eigenvalue weighted by Gasteiger charge is -2.38. The Morgan fingerprint density at radius 3 is 2.94 bits per heavy atom. The predicted molar refractivity (Wildman–Crippen MR) is 78.1 cm³/mol. The van der Waals surface area contributed by atoms with Crippen molar-refractivity contribution in [2.45, 2.75) is 39.0 Å². The zero-order chi connectivity index (χ0) is 12.7. The molecule has 1 aliphatic heterocycles. The number of hydrogen-bond donors (Lipinski definition) is 2. The lowest BCUT2D eigenvalue weighted by Crippen LogP contribution is -2.43. The summed E-state index contributed by atoms with van der Waals surface area (Å²) in [4.78, 5) is 4.32. The lowest BCUT2D eigenvalue weighted by molar-refractivity contribution is 0.177. The number of rotatable bonds is 7. The van der Waals surface area contributed by atoms with E-state index in [2.05, 4.69) is 27.9 Å². The third-order valence-corrected chi connectivity index (χ3v) is 4.62. The molecule has 0 aliphatic carbocycles. The van der Waals surface area contributed by atoms with Crippen LogP contribution in [0.1, 0.15) is 38.3 Å². The van der Waals surface area contributed by atoms with Gasteiger partial charge in [0.25, 0.3) is 0 Å². The molecule has 0 radical (unpaired) electrons. The van der Waals surface area contributed by atoms with Gasteiger partial charge in [-0.2, -0.15) is 0 Å². The van der Waals surface area contributed by atoms with Crippen LogP contribution in [0.4, 0.5) is 0 Å². The first-order valence-corrected chi connectivity index (χ1v) is 8.07. The van der Waals surface area contributed by atoms with Crippen LogP contribution in [-0.4, -0.2) is 31.2 Å². The van der Waals surface area contributed by atoms with Gasteiger partial charge in [-0.3, -0.25) is 0 Å². The molecule has 0 aromatic carbocycles. The number of hydrogen-bond acceptors (Lipinski definition) is 4. The molecule has 2 N–H and O–H groups in total. The predicted octanol–water partition coefficient (Wildman–Crippen LogP) is 2.45. The van der Waals surface area contributed by atoms with Crippen LogP contribution < -0.4 is 10.6 Å². The second kappa shape index (κ2) is 7.22. The molecule has 0 bridgehead atoms. The van der Waals surface area contributed by atoms with Crippen LogP contribution in [0.5, 0.6) is 0 Å². The quantitative estimate of drug-likeness (QED) is 0.745. The second-order valence-corrected chi connectivity index (χ2v) is 6.13. The van der Waals surface area contributed by atoms with Gasteiger partial charge in [-0.05, 0) is 37.8 Å². The summed E-state index contributed by atoms with van der Waals surface area (Å²) in [6, 6.07) is 0. The summed E-state index contributed by atoms with van der Waals surface area (Å²) in [6.07, 6.45) is 6.37. The standard InChI is InChI=1S/C14H25N3S/c1-2-4-14(5-8-15-9-6-14)11-16-7-3-13-10-18-12-17-13/h10,12,15-16H,2-9,11H2,1H3. The minimum atomic E-state index is 0.544. The second-order valence-electron chi connectivity index (χ2n) is 5.41. The van der Waals surface area contributed by atoms with Crippen LogP contribution in [0, 0.1) is 5.41 Å². The van der Waals surface area contributed by atoms with Crippen molar-refractivity contribution in [3.8, 4) is 0 Å². The monoisotopic (exact) mass is 267 g/mol. The molecule has 2 heterocycles. The van der Waals surface area contributed by atoms with Crippen molar-refractivity contribution in [1.82, 2.24) is 15.6 Å². The summed E-state index contributed by atoms with van der Waals surface area (Å²) in [7, 11) is 0. The molecule has 0 atom stereocenters. The van der Waals surface area contributed by atoms with Gasteiger partial charge in [-0.25, -0.2) is 4.98 Å². The van der Waals surface area contributed by atoms with E-state index in [1.54, 1.807) is 11.3 Å². The fourth-order valence-electron chi connectivity index (χ4n) is 2.93. The van der Waals surface area contributed by atoms with Crippen LogP contribution in [0.25, 0.3) is 0 Å². The van der Waals surface area contributed by atoms with Crippen LogP contribution in [0.3, 0.4) is 0 Å². The maximum atomic E-state index is 4.32. The average Bonchev–Trinajstić information content (AvgIpc) is 2.89. The van der Waals surface area contributed by atoms with E-state index in [0.29, 0.717) is 5.41 Å². The SMILES string of the molecule is CCCC1(CNCCc2cscn2)CCNCC1. The minimum Gasteiger partial charge on any atom is -0.317 e. The number of piperidine rings is 1. The van der Waals surface area contributed by atoms with Gasteiger partial charge in [0.1, 0.15) is 0 Å². The van der Waals surface area contributed by atoms with E-state index in [-0.39, 0.29) is 0 Å². The zero-order valence-electron chi connectivity index (χ0n) is 11.4. The van der Waals surface area contributed by atoms with Gasteiger partial charge in [0, 0.05) is 24.9 Å². The fourth-order valence-corrected chi connectivity index (χ4v) is 3.53. The molecular weight excluding hydrogens is 242 g/mol. The highest BCUT2D eigenvalue weighted by Crippen LogP contribution is 2.33. The highest BCUT2D eigenvalue weighted by atomic mass is 32.1. The summed E-state index contributed by atoms with van der Waals surface area (Å²) >= 11 is 1.69. The van der Waals surface area contributed by atoms with Crippen LogP contribution >= 0.6 is 11.3 Å². The van der Waals surface area contributed by atoms with Gasteiger partial charge in [0.2, 0.25) is 0 Å². The number of aromatic nitrogens is 1. The Balaban J connectivity index is 1.72. The number of thiazole rings is 1. The van der Waals surface area contributed by atoms with Gasteiger partial charge in [-0.1, -0.05) is 13.3 Å². The van der Waals surface area contributed by atoms with E-state index in [0.717, 1.165) is 13.0 Å². The lowest BCUT2D eigenvalue weighted by atomic mass is 9.75. The first-order valence-electron chi connectivity index (χ1n) is 7.13. The molecule has 1 aromatic heterocycles. The molecule has 0 spiro atoms. The fraction of sp³-hybridized carbons (Fsp3) is 0.786. The van der Waals surface area contributed by atoms with E-state index >= 15 is 0 Å².